The lowest BCUT2D eigenvalue weighted by Gasteiger charge is -2.28. The van der Waals surface area contributed by atoms with Crippen LogP contribution in [0.4, 0.5) is 0 Å². The first-order valence-electron chi connectivity index (χ1n) is 6.60. The van der Waals surface area contributed by atoms with Crippen LogP contribution in [0.5, 0.6) is 0 Å². The largest absolute Gasteiger partial charge is 0.323 e. The molecule has 1 aromatic carbocycles. The maximum atomic E-state index is 6.27. The summed E-state index contributed by atoms with van der Waals surface area (Å²) in [5.41, 5.74) is 8.79. The van der Waals surface area contributed by atoms with Crippen molar-refractivity contribution in [1.82, 2.24) is 4.90 Å². The van der Waals surface area contributed by atoms with Gasteiger partial charge in [-0.2, -0.15) is 0 Å². The molecule has 0 amide bonds. The number of nitrogens with zero attached hydrogens (tertiary/aromatic N) is 1. The monoisotopic (exact) mass is 234 g/mol. The van der Waals surface area contributed by atoms with Gasteiger partial charge in [0.15, 0.2) is 0 Å². The molecule has 0 saturated heterocycles. The topological polar surface area (TPSA) is 29.3 Å². The van der Waals surface area contributed by atoms with E-state index in [0.29, 0.717) is 6.04 Å². The molecule has 0 heterocycles. The Hall–Kier alpha value is -0.860. The van der Waals surface area contributed by atoms with Crippen molar-refractivity contribution in [1.29, 1.82) is 0 Å². The Morgan fingerprint density at radius 2 is 1.88 bits per heavy atom. The third-order valence-corrected chi connectivity index (χ3v) is 3.52. The van der Waals surface area contributed by atoms with Crippen LogP contribution in [0.1, 0.15) is 43.9 Å². The van der Waals surface area contributed by atoms with Crippen molar-refractivity contribution in [3.05, 3.63) is 35.4 Å². The van der Waals surface area contributed by atoms with Crippen molar-refractivity contribution >= 4 is 0 Å². The molecule has 2 N–H and O–H groups in total. The third kappa shape index (κ3) is 4.14. The van der Waals surface area contributed by atoms with Gasteiger partial charge < -0.3 is 10.6 Å². The predicted octanol–water partition coefficient (Wildman–Crippen LogP) is 3.12. The average Bonchev–Trinajstić information content (AvgIpc) is 2.30. The molecule has 1 unspecified atom stereocenters. The standard InChI is InChI=1S/C15H26N2/c1-5-14(6-2)17(4)11-15(16)13-9-7-8-12(3)10-13/h7-10,14-15H,5-6,11,16H2,1-4H3. The second kappa shape index (κ2) is 6.77. The minimum absolute atomic E-state index is 0.112. The normalized spacial score (nSPS) is 13.4. The number of rotatable bonds is 6. The van der Waals surface area contributed by atoms with Crippen LogP contribution in [-0.2, 0) is 0 Å². The Kier molecular flexibility index (Phi) is 5.66. The smallest absolute Gasteiger partial charge is 0.0424 e. The predicted molar refractivity (Wildman–Crippen MR) is 75.1 cm³/mol. The summed E-state index contributed by atoms with van der Waals surface area (Å²) in [6.45, 7) is 7.52. The average molecular weight is 234 g/mol. The van der Waals surface area contributed by atoms with Crippen LogP contribution in [0.25, 0.3) is 0 Å². The van der Waals surface area contributed by atoms with Crippen LogP contribution in [-0.4, -0.2) is 24.5 Å². The number of hydrogen-bond donors (Lipinski definition) is 1. The van der Waals surface area contributed by atoms with Gasteiger partial charge in [-0.25, -0.2) is 0 Å². The fourth-order valence-electron chi connectivity index (χ4n) is 2.38. The lowest BCUT2D eigenvalue weighted by molar-refractivity contribution is 0.217. The highest BCUT2D eigenvalue weighted by molar-refractivity contribution is 5.25. The summed E-state index contributed by atoms with van der Waals surface area (Å²) < 4.78 is 0. The highest BCUT2D eigenvalue weighted by Gasteiger charge is 2.14. The van der Waals surface area contributed by atoms with E-state index >= 15 is 0 Å². The molecule has 2 heteroatoms. The summed E-state index contributed by atoms with van der Waals surface area (Å²) in [4.78, 5) is 2.38. The van der Waals surface area contributed by atoms with Crippen molar-refractivity contribution in [3.8, 4) is 0 Å². The van der Waals surface area contributed by atoms with Gasteiger partial charge in [-0.15, -0.1) is 0 Å². The van der Waals surface area contributed by atoms with Crippen molar-refractivity contribution < 1.29 is 0 Å². The molecule has 0 spiro atoms. The van der Waals surface area contributed by atoms with Crippen LogP contribution in [0.15, 0.2) is 24.3 Å². The number of hydrogen-bond acceptors (Lipinski definition) is 2. The molecule has 0 fully saturated rings. The highest BCUT2D eigenvalue weighted by atomic mass is 15.1. The van der Waals surface area contributed by atoms with Crippen molar-refractivity contribution in [3.63, 3.8) is 0 Å². The second-order valence-electron chi connectivity index (χ2n) is 4.93. The summed E-state index contributed by atoms with van der Waals surface area (Å²) in [6.07, 6.45) is 2.38. The first-order chi connectivity index (χ1) is 8.08. The molecule has 0 saturated carbocycles. The molecule has 1 aromatic rings. The molecule has 96 valence electrons. The first kappa shape index (κ1) is 14.2. The van der Waals surface area contributed by atoms with Crippen LogP contribution in [0.2, 0.25) is 0 Å². The molecule has 0 aliphatic rings. The van der Waals surface area contributed by atoms with Gasteiger partial charge in [-0.05, 0) is 32.4 Å². The Labute approximate surface area is 106 Å². The van der Waals surface area contributed by atoms with Gasteiger partial charge in [0, 0.05) is 18.6 Å². The first-order valence-corrected chi connectivity index (χ1v) is 6.60. The van der Waals surface area contributed by atoms with Crippen LogP contribution in [0.3, 0.4) is 0 Å². The Bertz CT molecular complexity index is 331. The molecule has 1 atom stereocenters. The Morgan fingerprint density at radius 1 is 1.24 bits per heavy atom. The van der Waals surface area contributed by atoms with Crippen molar-refractivity contribution in [2.45, 2.75) is 45.7 Å². The maximum absolute atomic E-state index is 6.27. The van der Waals surface area contributed by atoms with Gasteiger partial charge >= 0.3 is 0 Å². The molecule has 0 aromatic heterocycles. The summed E-state index contributed by atoms with van der Waals surface area (Å²) in [7, 11) is 2.17. The van der Waals surface area contributed by atoms with Crippen LogP contribution >= 0.6 is 0 Å². The maximum Gasteiger partial charge on any atom is 0.0424 e. The van der Waals surface area contributed by atoms with Gasteiger partial charge in [0.05, 0.1) is 0 Å². The summed E-state index contributed by atoms with van der Waals surface area (Å²) in [5, 5.41) is 0. The van der Waals surface area contributed by atoms with Gasteiger partial charge in [0.1, 0.15) is 0 Å². The Balaban J connectivity index is 2.62. The van der Waals surface area contributed by atoms with E-state index in [2.05, 4.69) is 57.0 Å². The minimum Gasteiger partial charge on any atom is -0.323 e. The van der Waals surface area contributed by atoms with Crippen molar-refractivity contribution in [2.75, 3.05) is 13.6 Å². The van der Waals surface area contributed by atoms with Crippen molar-refractivity contribution in [2.24, 2.45) is 5.73 Å². The quantitative estimate of drug-likeness (QED) is 0.819. The summed E-state index contributed by atoms with van der Waals surface area (Å²) in [6, 6.07) is 9.26. The molecule has 17 heavy (non-hydrogen) atoms. The second-order valence-corrected chi connectivity index (χ2v) is 4.93. The number of nitrogens with two attached hydrogens (primary N) is 1. The lowest BCUT2D eigenvalue weighted by Crippen LogP contribution is -2.36. The molecule has 0 bridgehead atoms. The number of aryl methyl sites for hydroxylation is 1. The zero-order valence-corrected chi connectivity index (χ0v) is 11.6. The molecular weight excluding hydrogens is 208 g/mol. The molecule has 0 radical (unpaired) electrons. The molecule has 2 nitrogen and oxygen atoms in total. The fraction of sp³-hybridized carbons (Fsp3) is 0.600. The number of benzene rings is 1. The van der Waals surface area contributed by atoms with E-state index < -0.39 is 0 Å². The zero-order chi connectivity index (χ0) is 12.8. The van der Waals surface area contributed by atoms with E-state index in [1.807, 2.05) is 0 Å². The third-order valence-electron chi connectivity index (χ3n) is 3.52. The summed E-state index contributed by atoms with van der Waals surface area (Å²) >= 11 is 0. The van der Waals surface area contributed by atoms with E-state index in [9.17, 15) is 0 Å². The zero-order valence-electron chi connectivity index (χ0n) is 11.6. The van der Waals surface area contributed by atoms with E-state index in [-0.39, 0.29) is 6.04 Å². The van der Waals surface area contributed by atoms with Gasteiger partial charge in [-0.3, -0.25) is 0 Å². The van der Waals surface area contributed by atoms with Crippen LogP contribution in [0, 0.1) is 6.92 Å². The lowest BCUT2D eigenvalue weighted by atomic mass is 10.0. The van der Waals surface area contributed by atoms with Gasteiger partial charge in [0.25, 0.3) is 0 Å². The highest BCUT2D eigenvalue weighted by Crippen LogP contribution is 2.15. The summed E-state index contributed by atoms with van der Waals surface area (Å²) in [5.74, 6) is 0. The fourth-order valence-corrected chi connectivity index (χ4v) is 2.38. The molecule has 0 aliphatic heterocycles. The Morgan fingerprint density at radius 3 is 2.41 bits per heavy atom. The number of likely N-dealkylation sites (N-methyl/N-ethyl adjacent to an activating group) is 1. The molecule has 0 aliphatic carbocycles. The SMILES string of the molecule is CCC(CC)N(C)CC(N)c1cccc(C)c1. The molecule has 1 rings (SSSR count). The van der Waals surface area contributed by atoms with E-state index in [4.69, 9.17) is 5.73 Å². The van der Waals surface area contributed by atoms with E-state index in [1.54, 1.807) is 0 Å². The van der Waals surface area contributed by atoms with Gasteiger partial charge in [-0.1, -0.05) is 43.7 Å². The van der Waals surface area contributed by atoms with E-state index in [0.717, 1.165) is 6.54 Å². The van der Waals surface area contributed by atoms with E-state index in [1.165, 1.54) is 24.0 Å². The van der Waals surface area contributed by atoms with Gasteiger partial charge in [0.2, 0.25) is 0 Å². The minimum atomic E-state index is 0.112. The molecular formula is C15H26N2. The van der Waals surface area contributed by atoms with Crippen LogP contribution < -0.4 is 5.73 Å².